The number of hydrogen-bond donors (Lipinski definition) is 2. The molecule has 1 atom stereocenters. The molecule has 0 bridgehead atoms. The Morgan fingerprint density at radius 2 is 1.79 bits per heavy atom. The highest BCUT2D eigenvalue weighted by molar-refractivity contribution is 5.28. The van der Waals surface area contributed by atoms with Crippen LogP contribution in [0.25, 0.3) is 0 Å². The van der Waals surface area contributed by atoms with Crippen LogP contribution in [0.2, 0.25) is 0 Å². The predicted molar refractivity (Wildman–Crippen MR) is 71.5 cm³/mol. The van der Waals surface area contributed by atoms with Gasteiger partial charge in [-0.2, -0.15) is 0 Å². The van der Waals surface area contributed by atoms with Crippen LogP contribution >= 0.6 is 0 Å². The maximum Gasteiger partial charge on any atom is 0.339 e. The van der Waals surface area contributed by atoms with Gasteiger partial charge in [-0.1, -0.05) is 19.1 Å². The molecule has 2 aromatic rings. The fourth-order valence-corrected chi connectivity index (χ4v) is 2.05. The quantitative estimate of drug-likeness (QED) is 0.886. The fourth-order valence-electron chi connectivity index (χ4n) is 2.05. The van der Waals surface area contributed by atoms with E-state index in [-0.39, 0.29) is 17.4 Å². The van der Waals surface area contributed by atoms with Crippen LogP contribution in [0.4, 0.5) is 0 Å². The molecule has 0 amide bonds. The second kappa shape index (κ2) is 5.61. The van der Waals surface area contributed by atoms with Gasteiger partial charge in [-0.15, -0.1) is 0 Å². The van der Waals surface area contributed by atoms with Crippen molar-refractivity contribution in [1.29, 1.82) is 0 Å². The highest BCUT2D eigenvalue weighted by Gasteiger charge is 2.14. The summed E-state index contributed by atoms with van der Waals surface area (Å²) in [4.78, 5) is 11.3. The van der Waals surface area contributed by atoms with Gasteiger partial charge in [-0.3, -0.25) is 0 Å². The van der Waals surface area contributed by atoms with Gasteiger partial charge in [0.2, 0.25) is 0 Å². The lowest BCUT2D eigenvalue weighted by Gasteiger charge is -2.13. The van der Waals surface area contributed by atoms with Crippen LogP contribution < -0.4 is 5.63 Å². The van der Waals surface area contributed by atoms with E-state index < -0.39 is 5.63 Å². The summed E-state index contributed by atoms with van der Waals surface area (Å²) in [6.07, 6.45) is 1.47. The molecule has 2 rings (SSSR count). The number of benzene rings is 1. The second-order valence-electron chi connectivity index (χ2n) is 4.51. The van der Waals surface area contributed by atoms with Crippen LogP contribution in [0.15, 0.2) is 45.6 Å². The average molecular weight is 260 g/mol. The molecule has 0 aliphatic carbocycles. The van der Waals surface area contributed by atoms with E-state index in [1.165, 1.54) is 6.07 Å². The van der Waals surface area contributed by atoms with Crippen molar-refractivity contribution in [3.8, 4) is 11.5 Å². The van der Waals surface area contributed by atoms with E-state index in [1.54, 1.807) is 12.1 Å². The van der Waals surface area contributed by atoms with E-state index in [4.69, 9.17) is 4.42 Å². The highest BCUT2D eigenvalue weighted by Crippen LogP contribution is 2.26. The maximum atomic E-state index is 11.3. The minimum Gasteiger partial charge on any atom is -0.508 e. The first-order chi connectivity index (χ1) is 9.08. The number of rotatable bonds is 4. The summed E-state index contributed by atoms with van der Waals surface area (Å²) in [5.74, 6) is 0.654. The van der Waals surface area contributed by atoms with Gasteiger partial charge < -0.3 is 14.6 Å². The first-order valence-corrected chi connectivity index (χ1v) is 6.20. The number of hydrogen-bond acceptors (Lipinski definition) is 4. The zero-order valence-corrected chi connectivity index (χ0v) is 10.7. The van der Waals surface area contributed by atoms with Crippen LogP contribution in [-0.4, -0.2) is 10.2 Å². The molecule has 1 unspecified atom stereocenters. The van der Waals surface area contributed by atoms with E-state index >= 15 is 0 Å². The van der Waals surface area contributed by atoms with Crippen molar-refractivity contribution < 1.29 is 14.6 Å². The fraction of sp³-hybridized carbons (Fsp3) is 0.267. The smallest absolute Gasteiger partial charge is 0.339 e. The molecule has 4 heteroatoms. The van der Waals surface area contributed by atoms with E-state index in [0.717, 1.165) is 18.1 Å². The van der Waals surface area contributed by atoms with Crippen molar-refractivity contribution in [3.63, 3.8) is 0 Å². The first-order valence-electron chi connectivity index (χ1n) is 6.20. The van der Waals surface area contributed by atoms with Crippen LogP contribution in [0.3, 0.4) is 0 Å². The Kier molecular flexibility index (Phi) is 3.90. The number of aromatic hydroxyl groups is 2. The number of phenolic OH excluding ortho intramolecular Hbond substituents is 1. The topological polar surface area (TPSA) is 70.7 Å². The normalized spacial score (nSPS) is 12.3. The first kappa shape index (κ1) is 13.2. The monoisotopic (exact) mass is 260 g/mol. The molecule has 2 N–H and O–H groups in total. The second-order valence-corrected chi connectivity index (χ2v) is 4.51. The van der Waals surface area contributed by atoms with Crippen LogP contribution in [-0.2, 0) is 6.42 Å². The predicted octanol–water partition coefficient (Wildman–Crippen LogP) is 2.79. The molecule has 1 aromatic carbocycles. The van der Waals surface area contributed by atoms with Gasteiger partial charge in [0.05, 0.1) is 6.07 Å². The molecule has 1 aromatic heterocycles. The van der Waals surface area contributed by atoms with Crippen LogP contribution in [0.1, 0.15) is 30.6 Å². The van der Waals surface area contributed by atoms with Gasteiger partial charge in [0.1, 0.15) is 17.3 Å². The van der Waals surface area contributed by atoms with Crippen molar-refractivity contribution in [2.75, 3.05) is 0 Å². The summed E-state index contributed by atoms with van der Waals surface area (Å²) in [6.45, 7) is 2.00. The molecule has 4 nitrogen and oxygen atoms in total. The number of phenols is 1. The third-order valence-corrected chi connectivity index (χ3v) is 3.09. The van der Waals surface area contributed by atoms with E-state index in [2.05, 4.69) is 0 Å². The van der Waals surface area contributed by atoms with Crippen molar-refractivity contribution in [3.05, 3.63) is 58.1 Å². The third-order valence-electron chi connectivity index (χ3n) is 3.09. The SMILES string of the molecule is CCC(Cc1ccc(O)cc1)c1cc(O)cc(=O)o1. The molecule has 0 saturated carbocycles. The summed E-state index contributed by atoms with van der Waals surface area (Å²) in [6, 6.07) is 9.45. The molecule has 0 spiro atoms. The molecule has 1 heterocycles. The van der Waals surface area contributed by atoms with Crippen LogP contribution in [0.5, 0.6) is 11.5 Å². The summed E-state index contributed by atoms with van der Waals surface area (Å²) in [7, 11) is 0. The third kappa shape index (κ3) is 3.37. The van der Waals surface area contributed by atoms with Gasteiger partial charge in [-0.05, 0) is 30.5 Å². The van der Waals surface area contributed by atoms with Gasteiger partial charge in [0, 0.05) is 12.0 Å². The van der Waals surface area contributed by atoms with Crippen molar-refractivity contribution in [1.82, 2.24) is 0 Å². The summed E-state index contributed by atoms with van der Waals surface area (Å²) < 4.78 is 5.14. The van der Waals surface area contributed by atoms with Gasteiger partial charge in [-0.25, -0.2) is 4.79 Å². The van der Waals surface area contributed by atoms with Gasteiger partial charge in [0.15, 0.2) is 0 Å². The van der Waals surface area contributed by atoms with E-state index in [1.807, 2.05) is 19.1 Å². The highest BCUT2D eigenvalue weighted by atomic mass is 16.4. The van der Waals surface area contributed by atoms with Crippen molar-refractivity contribution in [2.24, 2.45) is 0 Å². The van der Waals surface area contributed by atoms with Crippen molar-refractivity contribution >= 4 is 0 Å². The van der Waals surface area contributed by atoms with Gasteiger partial charge >= 0.3 is 5.63 Å². The lowest BCUT2D eigenvalue weighted by Crippen LogP contribution is -2.06. The van der Waals surface area contributed by atoms with E-state index in [9.17, 15) is 15.0 Å². The molecular formula is C15H16O4. The Balaban J connectivity index is 2.24. The Bertz CT molecular complexity index is 598. The maximum absolute atomic E-state index is 11.3. The average Bonchev–Trinajstić information content (AvgIpc) is 2.37. The Morgan fingerprint density at radius 3 is 2.37 bits per heavy atom. The minimum atomic E-state index is -0.542. The molecule has 0 aliphatic rings. The molecular weight excluding hydrogens is 244 g/mol. The summed E-state index contributed by atoms with van der Waals surface area (Å²) in [5, 5.41) is 18.7. The summed E-state index contributed by atoms with van der Waals surface area (Å²) >= 11 is 0. The Labute approximate surface area is 111 Å². The molecule has 19 heavy (non-hydrogen) atoms. The summed E-state index contributed by atoms with van der Waals surface area (Å²) in [5.41, 5.74) is 0.495. The lowest BCUT2D eigenvalue weighted by atomic mass is 9.94. The Morgan fingerprint density at radius 1 is 1.11 bits per heavy atom. The van der Waals surface area contributed by atoms with Gasteiger partial charge in [0.25, 0.3) is 0 Å². The van der Waals surface area contributed by atoms with E-state index in [0.29, 0.717) is 12.2 Å². The molecule has 0 aliphatic heterocycles. The molecule has 100 valence electrons. The zero-order valence-electron chi connectivity index (χ0n) is 10.7. The lowest BCUT2D eigenvalue weighted by molar-refractivity contribution is 0.394. The zero-order chi connectivity index (χ0) is 13.8. The van der Waals surface area contributed by atoms with Crippen LogP contribution in [0, 0.1) is 0 Å². The molecule has 0 radical (unpaired) electrons. The largest absolute Gasteiger partial charge is 0.508 e. The van der Waals surface area contributed by atoms with Crippen molar-refractivity contribution in [2.45, 2.75) is 25.7 Å². The minimum absolute atomic E-state index is 0.0179. The standard InChI is InChI=1S/C15H16O4/c1-2-11(7-10-3-5-12(16)6-4-10)14-8-13(17)9-15(18)19-14/h3-6,8-9,11,16-17H,2,7H2,1H3. The molecule has 0 fully saturated rings. The Hall–Kier alpha value is -2.23. The molecule has 0 saturated heterocycles.